The molecular weight excluding hydrogens is 324 g/mol. The van der Waals surface area contributed by atoms with E-state index in [0.717, 1.165) is 36.6 Å². The molecule has 0 aliphatic carbocycles. The Morgan fingerprint density at radius 2 is 2.39 bits per heavy atom. The minimum absolute atomic E-state index is 0.0676. The topological polar surface area (TPSA) is 70.4 Å². The smallest absolute Gasteiger partial charge is 0.264 e. The van der Waals surface area contributed by atoms with Crippen LogP contribution in [-0.2, 0) is 25.6 Å². The fraction of sp³-hybridized carbons (Fsp3) is 0.700. The number of rotatable bonds is 4. The summed E-state index contributed by atoms with van der Waals surface area (Å²) in [5.41, 5.74) is 0.551. The number of nitrogens with zero attached hydrogens (tertiary/aromatic N) is 2. The predicted molar refractivity (Wildman–Crippen MR) is 68.4 cm³/mol. The Balaban J connectivity index is 2.06. The fourth-order valence-corrected chi connectivity index (χ4v) is 2.48. The van der Waals surface area contributed by atoms with Gasteiger partial charge in [-0.1, -0.05) is 0 Å². The summed E-state index contributed by atoms with van der Waals surface area (Å²) in [5, 5.41) is 4.29. The molecule has 1 aromatic heterocycles. The summed E-state index contributed by atoms with van der Waals surface area (Å²) in [6.45, 7) is 0.663. The average Bonchev–Trinajstić information content (AvgIpc) is 2.68. The lowest BCUT2D eigenvalue weighted by molar-refractivity contribution is -0.0398. The third kappa shape index (κ3) is 3.78. The summed E-state index contributed by atoms with van der Waals surface area (Å²) in [6.07, 6.45) is 5.84. The molecule has 0 spiro atoms. The van der Waals surface area contributed by atoms with E-state index in [9.17, 15) is 8.42 Å². The van der Waals surface area contributed by atoms with Gasteiger partial charge in [-0.3, -0.25) is 4.18 Å². The number of halogens is 1. The van der Waals surface area contributed by atoms with Gasteiger partial charge in [0.1, 0.15) is 18.5 Å². The lowest BCUT2D eigenvalue weighted by atomic mass is 10.2. The highest BCUT2D eigenvalue weighted by Gasteiger charge is 2.19. The molecule has 1 aliphatic heterocycles. The van der Waals surface area contributed by atoms with Crippen molar-refractivity contribution in [3.05, 3.63) is 16.4 Å². The second-order valence-electron chi connectivity index (χ2n) is 4.19. The van der Waals surface area contributed by atoms with Gasteiger partial charge in [-0.25, -0.2) is 4.68 Å². The van der Waals surface area contributed by atoms with Crippen LogP contribution in [0.3, 0.4) is 0 Å². The molecule has 0 N–H and O–H groups in total. The molecule has 1 saturated heterocycles. The monoisotopic (exact) mass is 338 g/mol. The Labute approximate surface area is 115 Å². The molecule has 1 aromatic rings. The SMILES string of the molecule is CS(=O)(=O)OCc1nn(C2CCCCO2)cc1Br. The lowest BCUT2D eigenvalue weighted by Gasteiger charge is -2.22. The van der Waals surface area contributed by atoms with E-state index in [0.29, 0.717) is 5.69 Å². The van der Waals surface area contributed by atoms with Gasteiger partial charge in [-0.15, -0.1) is 0 Å². The molecule has 0 radical (unpaired) electrons. The average molecular weight is 339 g/mol. The highest BCUT2D eigenvalue weighted by molar-refractivity contribution is 9.10. The van der Waals surface area contributed by atoms with Gasteiger partial charge >= 0.3 is 0 Å². The molecule has 1 aliphatic rings. The van der Waals surface area contributed by atoms with Crippen LogP contribution in [0.25, 0.3) is 0 Å². The molecule has 6 nitrogen and oxygen atoms in total. The van der Waals surface area contributed by atoms with Gasteiger partial charge in [-0.2, -0.15) is 13.5 Å². The lowest BCUT2D eigenvalue weighted by Crippen LogP contribution is -2.18. The molecule has 2 heterocycles. The second kappa shape index (κ2) is 5.68. The molecule has 0 saturated carbocycles. The molecule has 8 heteroatoms. The first kappa shape index (κ1) is 14.0. The Bertz CT molecular complexity index is 508. The highest BCUT2D eigenvalue weighted by atomic mass is 79.9. The minimum atomic E-state index is -3.46. The van der Waals surface area contributed by atoms with Crippen LogP contribution in [0.5, 0.6) is 0 Å². The Kier molecular flexibility index (Phi) is 4.41. The molecule has 1 fully saturated rings. The van der Waals surface area contributed by atoms with Crippen molar-refractivity contribution in [3.8, 4) is 0 Å². The third-order valence-corrected chi connectivity index (χ3v) is 3.83. The van der Waals surface area contributed by atoms with Gasteiger partial charge in [0.15, 0.2) is 0 Å². The number of hydrogen-bond donors (Lipinski definition) is 0. The van der Waals surface area contributed by atoms with E-state index in [1.165, 1.54) is 0 Å². The van der Waals surface area contributed by atoms with Crippen molar-refractivity contribution in [2.75, 3.05) is 12.9 Å². The van der Waals surface area contributed by atoms with E-state index in [2.05, 4.69) is 21.0 Å². The summed E-state index contributed by atoms with van der Waals surface area (Å²) in [7, 11) is -3.46. The van der Waals surface area contributed by atoms with Gasteiger partial charge in [0.05, 0.1) is 10.7 Å². The zero-order valence-electron chi connectivity index (χ0n) is 10.0. The largest absolute Gasteiger partial charge is 0.357 e. The summed E-state index contributed by atoms with van der Waals surface area (Å²) in [5.74, 6) is 0. The molecule has 1 unspecified atom stereocenters. The summed E-state index contributed by atoms with van der Waals surface area (Å²) in [6, 6.07) is 0. The van der Waals surface area contributed by atoms with E-state index < -0.39 is 10.1 Å². The van der Waals surface area contributed by atoms with Crippen molar-refractivity contribution >= 4 is 26.0 Å². The molecule has 1 atom stereocenters. The van der Waals surface area contributed by atoms with Crippen molar-refractivity contribution in [2.45, 2.75) is 32.1 Å². The standard InChI is InChI=1S/C10H15BrN2O4S/c1-18(14,15)17-7-9-8(11)6-13(12-9)10-4-2-3-5-16-10/h6,10H,2-5,7H2,1H3. The first-order chi connectivity index (χ1) is 8.46. The first-order valence-electron chi connectivity index (χ1n) is 5.65. The van der Waals surface area contributed by atoms with Gasteiger partial charge in [0, 0.05) is 12.8 Å². The van der Waals surface area contributed by atoms with E-state index in [1.54, 1.807) is 10.9 Å². The Morgan fingerprint density at radius 1 is 1.61 bits per heavy atom. The number of ether oxygens (including phenoxy) is 1. The Hall–Kier alpha value is -0.440. The van der Waals surface area contributed by atoms with Crippen LogP contribution in [0.4, 0.5) is 0 Å². The predicted octanol–water partition coefficient (Wildman–Crippen LogP) is 1.82. The molecule has 102 valence electrons. The molecule has 2 rings (SSSR count). The normalized spacial score (nSPS) is 21.1. The van der Waals surface area contributed by atoms with Gasteiger partial charge in [-0.05, 0) is 35.2 Å². The van der Waals surface area contributed by atoms with Crippen molar-refractivity contribution < 1.29 is 17.3 Å². The van der Waals surface area contributed by atoms with Crippen LogP contribution in [0.1, 0.15) is 31.2 Å². The number of aromatic nitrogens is 2. The van der Waals surface area contributed by atoms with E-state index in [-0.39, 0.29) is 12.8 Å². The van der Waals surface area contributed by atoms with Crippen LogP contribution in [0, 0.1) is 0 Å². The van der Waals surface area contributed by atoms with Crippen LogP contribution < -0.4 is 0 Å². The molecule has 0 amide bonds. The number of hydrogen-bond acceptors (Lipinski definition) is 5. The third-order valence-electron chi connectivity index (χ3n) is 2.62. The fourth-order valence-electron chi connectivity index (χ4n) is 1.75. The quantitative estimate of drug-likeness (QED) is 0.783. The molecular formula is C10H15BrN2O4S. The van der Waals surface area contributed by atoms with Crippen molar-refractivity contribution in [1.82, 2.24) is 9.78 Å². The Morgan fingerprint density at radius 3 is 3.00 bits per heavy atom. The molecule has 0 bridgehead atoms. The summed E-state index contributed by atoms with van der Waals surface area (Å²) < 4.78 is 34.6. The maximum Gasteiger partial charge on any atom is 0.264 e. The van der Waals surface area contributed by atoms with E-state index in [4.69, 9.17) is 8.92 Å². The van der Waals surface area contributed by atoms with Crippen LogP contribution in [-0.4, -0.2) is 31.1 Å². The van der Waals surface area contributed by atoms with Crippen LogP contribution in [0.2, 0.25) is 0 Å². The van der Waals surface area contributed by atoms with Crippen molar-refractivity contribution in [1.29, 1.82) is 0 Å². The summed E-state index contributed by atoms with van der Waals surface area (Å²) in [4.78, 5) is 0. The van der Waals surface area contributed by atoms with Gasteiger partial charge in [0.2, 0.25) is 0 Å². The first-order valence-corrected chi connectivity index (χ1v) is 8.26. The summed E-state index contributed by atoms with van der Waals surface area (Å²) >= 11 is 3.34. The maximum atomic E-state index is 10.9. The van der Waals surface area contributed by atoms with E-state index in [1.807, 2.05) is 0 Å². The molecule has 18 heavy (non-hydrogen) atoms. The molecule has 0 aromatic carbocycles. The van der Waals surface area contributed by atoms with Gasteiger partial charge in [0.25, 0.3) is 10.1 Å². The van der Waals surface area contributed by atoms with Gasteiger partial charge < -0.3 is 4.74 Å². The second-order valence-corrected chi connectivity index (χ2v) is 6.69. The zero-order valence-corrected chi connectivity index (χ0v) is 12.4. The maximum absolute atomic E-state index is 10.9. The zero-order chi connectivity index (χ0) is 13.2. The van der Waals surface area contributed by atoms with Crippen molar-refractivity contribution in [2.24, 2.45) is 0 Å². The van der Waals surface area contributed by atoms with Crippen LogP contribution >= 0.6 is 15.9 Å². The van der Waals surface area contributed by atoms with Crippen molar-refractivity contribution in [3.63, 3.8) is 0 Å². The van der Waals surface area contributed by atoms with E-state index >= 15 is 0 Å². The van der Waals surface area contributed by atoms with Crippen LogP contribution in [0.15, 0.2) is 10.7 Å². The highest BCUT2D eigenvalue weighted by Crippen LogP contribution is 2.25. The minimum Gasteiger partial charge on any atom is -0.357 e.